The number of hydrogen-bond acceptors (Lipinski definition) is 9. The van der Waals surface area contributed by atoms with Crippen LogP contribution in [0.1, 0.15) is 43.4 Å². The molecule has 1 amide bonds. The number of rotatable bonds is 8. The van der Waals surface area contributed by atoms with Crippen LogP contribution in [-0.4, -0.2) is 43.8 Å². The van der Waals surface area contributed by atoms with Crippen LogP contribution < -0.4 is 16.0 Å². The molecule has 4 rings (SSSR count). The Morgan fingerprint density at radius 1 is 0.944 bits per heavy atom. The van der Waals surface area contributed by atoms with Crippen molar-refractivity contribution in [1.82, 2.24) is 30.5 Å². The first kappa shape index (κ1) is 24.4. The topological polar surface area (TPSA) is 141 Å². The molecule has 10 nitrogen and oxygen atoms in total. The van der Waals surface area contributed by atoms with Crippen LogP contribution in [-0.2, 0) is 4.79 Å². The standard InChI is InChI=1S/C26H27N9O/c1-15(2)18-10-25(35-31-13-18)34-24-8-6-21-22(33-24)9-19(12-29-21)20(14-28-4)26(27)17-5-7-23(30-11-17)32-16(3)36/h5-15,27-28H,1-4H3,(H,30,32,36)(H,33,34,35)/b20-14-,27-26?. The lowest BCUT2D eigenvalue weighted by Crippen LogP contribution is -2.10. The van der Waals surface area contributed by atoms with Crippen LogP contribution in [0.5, 0.6) is 0 Å². The smallest absolute Gasteiger partial charge is 0.222 e. The Kier molecular flexibility index (Phi) is 7.24. The Balaban J connectivity index is 1.63. The fourth-order valence-corrected chi connectivity index (χ4v) is 3.51. The van der Waals surface area contributed by atoms with Crippen molar-refractivity contribution < 1.29 is 4.79 Å². The molecule has 0 aliphatic heterocycles. The van der Waals surface area contributed by atoms with Gasteiger partial charge in [0.2, 0.25) is 5.91 Å². The third-order valence-corrected chi connectivity index (χ3v) is 5.36. The van der Waals surface area contributed by atoms with Crippen LogP contribution in [0.3, 0.4) is 0 Å². The van der Waals surface area contributed by atoms with E-state index in [1.807, 2.05) is 24.3 Å². The van der Waals surface area contributed by atoms with Crippen molar-refractivity contribution >= 4 is 45.7 Å². The second-order valence-corrected chi connectivity index (χ2v) is 8.45. The molecule has 4 aromatic rings. The van der Waals surface area contributed by atoms with E-state index in [1.165, 1.54) is 6.92 Å². The Hall–Kier alpha value is -4.73. The molecule has 0 saturated carbocycles. The highest BCUT2D eigenvalue weighted by molar-refractivity contribution is 6.30. The molecule has 4 heterocycles. The molecule has 0 saturated heterocycles. The van der Waals surface area contributed by atoms with Crippen LogP contribution in [0.15, 0.2) is 61.2 Å². The van der Waals surface area contributed by atoms with E-state index in [2.05, 4.69) is 50.0 Å². The maximum Gasteiger partial charge on any atom is 0.222 e. The van der Waals surface area contributed by atoms with E-state index in [-0.39, 0.29) is 11.6 Å². The summed E-state index contributed by atoms with van der Waals surface area (Å²) in [6.07, 6.45) is 6.76. The van der Waals surface area contributed by atoms with Crippen molar-refractivity contribution in [1.29, 1.82) is 5.41 Å². The van der Waals surface area contributed by atoms with E-state index in [1.54, 1.807) is 44.0 Å². The number of allylic oxidation sites excluding steroid dienone is 1. The number of aromatic nitrogens is 5. The van der Waals surface area contributed by atoms with Crippen molar-refractivity contribution in [3.63, 3.8) is 0 Å². The van der Waals surface area contributed by atoms with E-state index in [4.69, 9.17) is 10.4 Å². The van der Waals surface area contributed by atoms with Crippen LogP contribution in [0, 0.1) is 5.41 Å². The highest BCUT2D eigenvalue weighted by Gasteiger charge is 2.14. The summed E-state index contributed by atoms with van der Waals surface area (Å²) in [6.45, 7) is 5.62. The van der Waals surface area contributed by atoms with Gasteiger partial charge < -0.3 is 16.0 Å². The van der Waals surface area contributed by atoms with Gasteiger partial charge in [-0.3, -0.25) is 15.2 Å². The number of anilines is 3. The molecule has 4 aromatic heterocycles. The van der Waals surface area contributed by atoms with Gasteiger partial charge in [0.1, 0.15) is 11.6 Å². The van der Waals surface area contributed by atoms with Crippen LogP contribution >= 0.6 is 0 Å². The van der Waals surface area contributed by atoms with Gasteiger partial charge in [0.05, 0.1) is 22.9 Å². The Bertz CT molecular complexity index is 1450. The van der Waals surface area contributed by atoms with Crippen LogP contribution in [0.2, 0.25) is 0 Å². The first-order chi connectivity index (χ1) is 17.3. The van der Waals surface area contributed by atoms with Crippen molar-refractivity contribution in [2.75, 3.05) is 17.7 Å². The molecular formula is C26H27N9O. The minimum Gasteiger partial charge on any atom is -0.393 e. The number of amides is 1. The van der Waals surface area contributed by atoms with Crippen molar-refractivity contribution in [2.45, 2.75) is 26.7 Å². The lowest BCUT2D eigenvalue weighted by molar-refractivity contribution is -0.114. The molecule has 0 bridgehead atoms. The summed E-state index contributed by atoms with van der Waals surface area (Å²) >= 11 is 0. The zero-order valence-electron chi connectivity index (χ0n) is 20.5. The monoisotopic (exact) mass is 481 g/mol. The SMILES string of the molecule is CN/C=C(\C(=N)c1ccc(NC(C)=O)nc1)c1cnc2ccc(Nc3cc(C(C)C)cnn3)nc2c1. The average molecular weight is 482 g/mol. The summed E-state index contributed by atoms with van der Waals surface area (Å²) in [5, 5.41) is 25.9. The van der Waals surface area contributed by atoms with E-state index in [0.29, 0.717) is 40.0 Å². The molecule has 0 atom stereocenters. The highest BCUT2D eigenvalue weighted by Crippen LogP contribution is 2.24. The molecule has 0 aliphatic carbocycles. The van der Waals surface area contributed by atoms with Crippen LogP contribution in [0.4, 0.5) is 17.5 Å². The fraction of sp³-hybridized carbons (Fsp3) is 0.192. The predicted molar refractivity (Wildman–Crippen MR) is 141 cm³/mol. The lowest BCUT2D eigenvalue weighted by atomic mass is 9.98. The summed E-state index contributed by atoms with van der Waals surface area (Å²) < 4.78 is 0. The van der Waals surface area contributed by atoms with E-state index in [9.17, 15) is 4.79 Å². The fourth-order valence-electron chi connectivity index (χ4n) is 3.51. The number of fused-ring (bicyclic) bond motifs is 1. The third-order valence-electron chi connectivity index (χ3n) is 5.36. The van der Waals surface area contributed by atoms with Crippen molar-refractivity contribution in [3.8, 4) is 0 Å². The second kappa shape index (κ2) is 10.7. The summed E-state index contributed by atoms with van der Waals surface area (Å²) in [4.78, 5) is 24.7. The molecule has 0 spiro atoms. The average Bonchev–Trinajstić information content (AvgIpc) is 2.87. The van der Waals surface area contributed by atoms with Crippen LogP contribution in [0.25, 0.3) is 16.6 Å². The van der Waals surface area contributed by atoms with Gasteiger partial charge in [0.15, 0.2) is 5.82 Å². The van der Waals surface area contributed by atoms with Crippen molar-refractivity contribution in [2.24, 2.45) is 0 Å². The van der Waals surface area contributed by atoms with Gasteiger partial charge in [0.25, 0.3) is 0 Å². The summed E-state index contributed by atoms with van der Waals surface area (Å²) in [5.74, 6) is 1.79. The maximum atomic E-state index is 11.3. The Labute approximate surface area is 208 Å². The summed E-state index contributed by atoms with van der Waals surface area (Å²) in [6, 6.07) is 11.0. The normalized spacial score (nSPS) is 11.4. The molecule has 0 radical (unpaired) electrons. The minimum absolute atomic E-state index is 0.204. The number of carbonyl (C=O) groups is 1. The van der Waals surface area contributed by atoms with Gasteiger partial charge in [0, 0.05) is 49.3 Å². The lowest BCUT2D eigenvalue weighted by Gasteiger charge is -2.12. The Morgan fingerprint density at radius 2 is 1.72 bits per heavy atom. The van der Waals surface area contributed by atoms with Gasteiger partial charge in [-0.1, -0.05) is 13.8 Å². The quantitative estimate of drug-likeness (QED) is 0.273. The molecule has 10 heteroatoms. The van der Waals surface area contributed by atoms with E-state index < -0.39 is 0 Å². The minimum atomic E-state index is -0.204. The van der Waals surface area contributed by atoms with Gasteiger partial charge in [-0.2, -0.15) is 5.10 Å². The maximum absolute atomic E-state index is 11.3. The largest absolute Gasteiger partial charge is 0.393 e. The second-order valence-electron chi connectivity index (χ2n) is 8.45. The number of carbonyl (C=O) groups excluding carboxylic acids is 1. The first-order valence-corrected chi connectivity index (χ1v) is 11.4. The molecule has 182 valence electrons. The molecule has 4 N–H and O–H groups in total. The third kappa shape index (κ3) is 5.66. The molecule has 0 aromatic carbocycles. The predicted octanol–water partition coefficient (Wildman–Crippen LogP) is 4.27. The van der Waals surface area contributed by atoms with Crippen molar-refractivity contribution in [3.05, 3.63) is 77.9 Å². The van der Waals surface area contributed by atoms with Gasteiger partial charge >= 0.3 is 0 Å². The summed E-state index contributed by atoms with van der Waals surface area (Å²) in [7, 11) is 1.77. The Morgan fingerprint density at radius 3 is 2.42 bits per heavy atom. The van der Waals surface area contributed by atoms with Gasteiger partial charge in [-0.15, -0.1) is 5.10 Å². The highest BCUT2D eigenvalue weighted by atomic mass is 16.1. The molecule has 36 heavy (non-hydrogen) atoms. The van der Waals surface area contributed by atoms with E-state index in [0.717, 1.165) is 16.6 Å². The number of hydrogen-bond donors (Lipinski definition) is 4. The van der Waals surface area contributed by atoms with E-state index >= 15 is 0 Å². The summed E-state index contributed by atoms with van der Waals surface area (Å²) in [5.41, 5.74) is 4.66. The first-order valence-electron chi connectivity index (χ1n) is 11.4. The zero-order valence-corrected chi connectivity index (χ0v) is 20.5. The zero-order chi connectivity index (χ0) is 25.7. The molecule has 0 fully saturated rings. The van der Waals surface area contributed by atoms with Gasteiger partial charge in [-0.05, 0) is 47.9 Å². The molecule has 0 unspecified atom stereocenters. The number of pyridine rings is 3. The number of nitrogens with zero attached hydrogens (tertiary/aromatic N) is 5. The molecule has 0 aliphatic rings. The molecular weight excluding hydrogens is 454 g/mol. The number of nitrogens with one attached hydrogen (secondary N) is 4. The van der Waals surface area contributed by atoms with Gasteiger partial charge in [-0.25, -0.2) is 9.97 Å².